The first-order valence-corrected chi connectivity index (χ1v) is 24.3. The standard InChI is InChI=1S/C40H77N4O17PS/c1-33(2)62(50,63)61-32-31-60-30-29-59-28-27-58-26-25-55-16-12-39(48)44-35(40(49)42-14-18-57-24-21-53-5)9-11-38(47)43-34(36(45)7-6-15-54-22-19-51-3)8-10-37(46)41-13-17-56-23-20-52-4/h33-35H,6-32H2,1-5H3,(H,41,46)(H,42,49)(H,43,47)(H,44,48)(H,50,63). The highest BCUT2D eigenvalue weighted by Crippen LogP contribution is 2.47. The lowest BCUT2D eigenvalue weighted by atomic mass is 10.0. The van der Waals surface area contributed by atoms with E-state index in [-0.39, 0.29) is 102 Å². The Kier molecular flexibility index (Phi) is 40.8. The molecule has 5 N–H and O–H groups in total. The quantitative estimate of drug-likeness (QED) is 0.0406. The van der Waals surface area contributed by atoms with Crippen molar-refractivity contribution in [3.63, 3.8) is 0 Å². The van der Waals surface area contributed by atoms with Crippen LogP contribution in [0.4, 0.5) is 0 Å². The fourth-order valence-electron chi connectivity index (χ4n) is 4.95. The van der Waals surface area contributed by atoms with Gasteiger partial charge in [-0.25, -0.2) is 0 Å². The fraction of sp³-hybridized carbons (Fsp3) is 0.875. The molecule has 0 aliphatic rings. The minimum absolute atomic E-state index is 0.0212. The Morgan fingerprint density at radius 2 is 0.905 bits per heavy atom. The molecule has 0 radical (unpaired) electrons. The van der Waals surface area contributed by atoms with E-state index in [0.29, 0.717) is 92.3 Å². The molecular formula is C40H77N4O17PS. The van der Waals surface area contributed by atoms with E-state index < -0.39 is 36.3 Å². The number of amides is 4. The van der Waals surface area contributed by atoms with Crippen LogP contribution in [0.3, 0.4) is 0 Å². The third-order valence-electron chi connectivity index (χ3n) is 8.56. The van der Waals surface area contributed by atoms with Crippen LogP contribution in [-0.2, 0) is 87.7 Å². The molecule has 370 valence electrons. The molecule has 0 aromatic carbocycles. The van der Waals surface area contributed by atoms with Crippen LogP contribution in [0, 0.1) is 0 Å². The van der Waals surface area contributed by atoms with Crippen LogP contribution in [0.25, 0.3) is 0 Å². The predicted octanol–water partition coefficient (Wildman–Crippen LogP) is 0.270. The number of ether oxygens (including phenoxy) is 10. The molecule has 23 heteroatoms. The van der Waals surface area contributed by atoms with Gasteiger partial charge in [0.2, 0.25) is 23.6 Å². The molecule has 0 heterocycles. The lowest BCUT2D eigenvalue weighted by molar-refractivity contribution is -0.131. The van der Waals surface area contributed by atoms with Gasteiger partial charge in [-0.05, 0) is 31.1 Å². The van der Waals surface area contributed by atoms with Gasteiger partial charge >= 0.3 is 0 Å². The Bertz CT molecular complexity index is 1240. The first-order valence-electron chi connectivity index (χ1n) is 21.5. The van der Waals surface area contributed by atoms with Crippen molar-refractivity contribution in [1.29, 1.82) is 0 Å². The molecule has 0 spiro atoms. The van der Waals surface area contributed by atoms with E-state index in [9.17, 15) is 28.9 Å². The summed E-state index contributed by atoms with van der Waals surface area (Å²) in [4.78, 5) is 75.0. The van der Waals surface area contributed by atoms with Crippen molar-refractivity contribution in [1.82, 2.24) is 21.3 Å². The summed E-state index contributed by atoms with van der Waals surface area (Å²) in [7, 11) is 4.67. The Hall–Kier alpha value is -2.28. The van der Waals surface area contributed by atoms with Crippen molar-refractivity contribution in [3.05, 3.63) is 0 Å². The van der Waals surface area contributed by atoms with Crippen LogP contribution >= 0.6 is 6.49 Å². The molecule has 4 amide bonds. The molecule has 0 aliphatic carbocycles. The Balaban J connectivity index is 4.93. The average molecular weight is 949 g/mol. The zero-order chi connectivity index (χ0) is 46.8. The lowest BCUT2D eigenvalue weighted by Gasteiger charge is -2.21. The monoisotopic (exact) mass is 948 g/mol. The summed E-state index contributed by atoms with van der Waals surface area (Å²) in [6.07, 6.45) is 0.242. The average Bonchev–Trinajstić information content (AvgIpc) is 3.25. The van der Waals surface area contributed by atoms with Crippen molar-refractivity contribution in [3.8, 4) is 0 Å². The fourth-order valence-corrected chi connectivity index (χ4v) is 5.80. The van der Waals surface area contributed by atoms with Gasteiger partial charge in [0.1, 0.15) is 6.04 Å². The number of rotatable bonds is 46. The Labute approximate surface area is 378 Å². The zero-order valence-corrected chi connectivity index (χ0v) is 39.9. The van der Waals surface area contributed by atoms with Gasteiger partial charge < -0.3 is 78.1 Å². The zero-order valence-electron chi connectivity index (χ0n) is 38.2. The van der Waals surface area contributed by atoms with E-state index in [1.807, 2.05) is 13.8 Å². The van der Waals surface area contributed by atoms with Crippen molar-refractivity contribution in [2.24, 2.45) is 0 Å². The second kappa shape index (κ2) is 42.4. The van der Waals surface area contributed by atoms with E-state index in [4.69, 9.17) is 63.7 Å². The number of methoxy groups -OCH3 is 3. The molecule has 3 atom stereocenters. The molecular weight excluding hydrogens is 871 g/mol. The van der Waals surface area contributed by atoms with Gasteiger partial charge in [-0.2, -0.15) is 0 Å². The number of hydrogen-bond donors (Lipinski definition) is 5. The second-order valence-corrected chi connectivity index (χ2v) is 18.0. The van der Waals surface area contributed by atoms with Crippen molar-refractivity contribution < 1.29 is 80.8 Å². The molecule has 3 unspecified atom stereocenters. The van der Waals surface area contributed by atoms with Gasteiger partial charge in [0.25, 0.3) is 0 Å². The number of carbonyl (C=O) groups is 5. The van der Waals surface area contributed by atoms with Gasteiger partial charge in [0.05, 0.1) is 118 Å². The van der Waals surface area contributed by atoms with E-state index in [0.717, 1.165) is 0 Å². The van der Waals surface area contributed by atoms with Crippen LogP contribution < -0.4 is 21.3 Å². The number of nitrogens with one attached hydrogen (secondary N) is 4. The summed E-state index contributed by atoms with van der Waals surface area (Å²) >= 11 is 5.06. The molecule has 0 saturated carbocycles. The lowest BCUT2D eigenvalue weighted by Crippen LogP contribution is -2.48. The van der Waals surface area contributed by atoms with E-state index in [2.05, 4.69) is 21.3 Å². The Morgan fingerprint density at radius 1 is 0.492 bits per heavy atom. The Morgan fingerprint density at radius 3 is 1.44 bits per heavy atom. The van der Waals surface area contributed by atoms with E-state index >= 15 is 0 Å². The summed E-state index contributed by atoms with van der Waals surface area (Å²) in [5.74, 6) is -2.07. The molecule has 63 heavy (non-hydrogen) atoms. The van der Waals surface area contributed by atoms with Crippen LogP contribution in [-0.4, -0.2) is 205 Å². The second-order valence-electron chi connectivity index (χ2n) is 14.0. The third kappa shape index (κ3) is 37.6. The highest BCUT2D eigenvalue weighted by Gasteiger charge is 2.25. The largest absolute Gasteiger partial charge is 0.382 e. The summed E-state index contributed by atoms with van der Waals surface area (Å²) in [6, 6.07) is -2.03. The first-order chi connectivity index (χ1) is 30.4. The summed E-state index contributed by atoms with van der Waals surface area (Å²) in [5, 5.41) is 10.9. The first kappa shape index (κ1) is 60.7. The molecule has 21 nitrogen and oxygen atoms in total. The van der Waals surface area contributed by atoms with Crippen LogP contribution in [0.2, 0.25) is 0 Å². The van der Waals surface area contributed by atoms with Gasteiger partial charge in [-0.15, -0.1) is 0 Å². The molecule has 0 rings (SSSR count). The summed E-state index contributed by atoms with van der Waals surface area (Å²) in [6.45, 7) is 6.94. The van der Waals surface area contributed by atoms with Gasteiger partial charge in [-0.1, -0.05) is 13.8 Å². The maximum absolute atomic E-state index is 13.2. The number of ketones is 1. The van der Waals surface area contributed by atoms with Crippen LogP contribution in [0.1, 0.15) is 58.8 Å². The maximum atomic E-state index is 13.2. The minimum Gasteiger partial charge on any atom is -0.382 e. The summed E-state index contributed by atoms with van der Waals surface area (Å²) in [5.41, 5.74) is -0.112. The highest BCUT2D eigenvalue weighted by atomic mass is 32.5. The minimum atomic E-state index is -2.78. The van der Waals surface area contributed by atoms with Gasteiger partial charge in [0.15, 0.2) is 12.3 Å². The molecule has 0 aromatic rings. The van der Waals surface area contributed by atoms with Crippen LogP contribution in [0.15, 0.2) is 0 Å². The van der Waals surface area contributed by atoms with Crippen molar-refractivity contribution in [2.45, 2.75) is 76.5 Å². The van der Waals surface area contributed by atoms with Gasteiger partial charge in [-0.3, -0.25) is 24.0 Å². The number of Topliss-reactive ketones (excluding diaryl/α,β-unsaturated/α-hetero) is 1. The smallest absolute Gasteiger partial charge is 0.242 e. The topological polar surface area (TPSA) is 255 Å². The molecule has 0 bridgehead atoms. The highest BCUT2D eigenvalue weighted by molar-refractivity contribution is 8.09. The number of carbonyl (C=O) groups excluding carboxylic acids is 5. The van der Waals surface area contributed by atoms with Crippen LogP contribution in [0.5, 0.6) is 0 Å². The molecule has 0 saturated heterocycles. The van der Waals surface area contributed by atoms with E-state index in [1.165, 1.54) is 0 Å². The predicted molar refractivity (Wildman–Crippen MR) is 236 cm³/mol. The molecule has 0 aliphatic heterocycles. The normalized spacial score (nSPS) is 13.3. The third-order valence-corrected chi connectivity index (χ3v) is 12.0. The van der Waals surface area contributed by atoms with E-state index in [1.54, 1.807) is 21.3 Å². The SMILES string of the molecule is COCCOCCCC(=O)C(CCC(=O)NCCOCCOC)NC(=O)CCC(NC(=O)CCOCCOCCOCCOCCOP(O)(=S)C(C)C)C(=O)NCCOCCOC. The molecule has 0 fully saturated rings. The summed E-state index contributed by atoms with van der Waals surface area (Å²) < 4.78 is 58.3. The molecule has 0 aromatic heterocycles. The van der Waals surface area contributed by atoms with Crippen molar-refractivity contribution >= 4 is 47.7 Å². The van der Waals surface area contributed by atoms with Gasteiger partial charge in [0, 0.05) is 72.4 Å². The van der Waals surface area contributed by atoms with Crippen molar-refractivity contribution in [2.75, 3.05) is 153 Å². The maximum Gasteiger partial charge on any atom is 0.242 e. The number of hydrogen-bond acceptors (Lipinski definition) is 17.